The number of hydrogen-bond donors (Lipinski definition) is 2. The standard InChI is InChI=1S/C19H15N3O6S/c1-11-4-2-3-5-13(11)20-17(24)10-21-18(25)16(29-19(21)26)9-12-6-7-15(23)14(8-12)22(27)28/h2-9,23H,10H2,1H3,(H,20,24)/b16-9-. The Hall–Kier alpha value is -3.66. The molecule has 0 radical (unpaired) electrons. The van der Waals surface area contributed by atoms with Crippen LogP contribution in [0.25, 0.3) is 6.08 Å². The lowest BCUT2D eigenvalue weighted by Gasteiger charge is -2.13. The largest absolute Gasteiger partial charge is 0.502 e. The molecule has 2 N–H and O–H groups in total. The molecule has 1 heterocycles. The number of nitro benzene ring substituents is 1. The number of para-hydroxylation sites is 1. The van der Waals surface area contributed by atoms with E-state index in [1.165, 1.54) is 12.1 Å². The molecule has 0 unspecified atom stereocenters. The van der Waals surface area contributed by atoms with Crippen molar-refractivity contribution in [1.29, 1.82) is 0 Å². The minimum absolute atomic E-state index is 0.0266. The van der Waals surface area contributed by atoms with E-state index in [1.807, 2.05) is 19.1 Å². The number of hydrogen-bond acceptors (Lipinski definition) is 7. The molecule has 0 saturated carbocycles. The average Bonchev–Trinajstić information content (AvgIpc) is 2.92. The summed E-state index contributed by atoms with van der Waals surface area (Å²) in [7, 11) is 0. The third kappa shape index (κ3) is 4.43. The van der Waals surface area contributed by atoms with Crippen LogP contribution in [0.5, 0.6) is 5.75 Å². The second-order valence-electron chi connectivity index (χ2n) is 6.14. The summed E-state index contributed by atoms with van der Waals surface area (Å²) in [6.07, 6.45) is 1.30. The van der Waals surface area contributed by atoms with Gasteiger partial charge in [-0.25, -0.2) is 0 Å². The van der Waals surface area contributed by atoms with E-state index in [-0.39, 0.29) is 10.5 Å². The first-order valence-electron chi connectivity index (χ1n) is 8.34. The number of phenols is 1. The van der Waals surface area contributed by atoms with E-state index in [4.69, 9.17) is 0 Å². The van der Waals surface area contributed by atoms with Gasteiger partial charge in [-0.2, -0.15) is 0 Å². The van der Waals surface area contributed by atoms with Crippen molar-refractivity contribution >= 4 is 46.3 Å². The Morgan fingerprint density at radius 3 is 2.69 bits per heavy atom. The number of anilines is 1. The first kappa shape index (κ1) is 20.1. The molecule has 0 aliphatic carbocycles. The van der Waals surface area contributed by atoms with E-state index in [2.05, 4.69) is 5.32 Å². The zero-order valence-electron chi connectivity index (χ0n) is 15.1. The summed E-state index contributed by atoms with van der Waals surface area (Å²) in [6, 6.07) is 10.7. The summed E-state index contributed by atoms with van der Waals surface area (Å²) >= 11 is 0.633. The van der Waals surface area contributed by atoms with Crippen molar-refractivity contribution < 1.29 is 24.4 Å². The molecule has 0 bridgehead atoms. The molecular formula is C19H15N3O6S. The maximum atomic E-state index is 12.5. The predicted molar refractivity (Wildman–Crippen MR) is 107 cm³/mol. The maximum Gasteiger partial charge on any atom is 0.311 e. The molecule has 148 valence electrons. The molecule has 0 spiro atoms. The molecule has 2 aromatic carbocycles. The molecule has 0 aromatic heterocycles. The van der Waals surface area contributed by atoms with Crippen LogP contribution in [0.15, 0.2) is 47.4 Å². The van der Waals surface area contributed by atoms with Gasteiger partial charge in [0.05, 0.1) is 9.83 Å². The Morgan fingerprint density at radius 1 is 1.28 bits per heavy atom. The van der Waals surface area contributed by atoms with Gasteiger partial charge >= 0.3 is 5.69 Å². The molecule has 10 heteroatoms. The van der Waals surface area contributed by atoms with Crippen LogP contribution in [-0.2, 0) is 9.59 Å². The summed E-state index contributed by atoms with van der Waals surface area (Å²) in [5.41, 5.74) is 1.17. The molecule has 29 heavy (non-hydrogen) atoms. The van der Waals surface area contributed by atoms with Gasteiger partial charge in [0.1, 0.15) is 6.54 Å². The van der Waals surface area contributed by atoms with Gasteiger partial charge in [0.25, 0.3) is 11.1 Å². The number of phenolic OH excluding ortho intramolecular Hbond substituents is 1. The van der Waals surface area contributed by atoms with Gasteiger partial charge in [0.2, 0.25) is 5.91 Å². The summed E-state index contributed by atoms with van der Waals surface area (Å²) in [6.45, 7) is 1.36. The minimum Gasteiger partial charge on any atom is -0.502 e. The number of aryl methyl sites for hydroxylation is 1. The highest BCUT2D eigenvalue weighted by Crippen LogP contribution is 2.34. The summed E-state index contributed by atoms with van der Waals surface area (Å²) in [5.74, 6) is -1.70. The molecule has 2 aromatic rings. The fraction of sp³-hybridized carbons (Fsp3) is 0.105. The van der Waals surface area contributed by atoms with E-state index in [1.54, 1.807) is 12.1 Å². The first-order valence-corrected chi connectivity index (χ1v) is 9.16. The van der Waals surface area contributed by atoms with Gasteiger partial charge < -0.3 is 10.4 Å². The van der Waals surface area contributed by atoms with Crippen LogP contribution in [-0.4, -0.2) is 38.5 Å². The lowest BCUT2D eigenvalue weighted by Crippen LogP contribution is -2.36. The van der Waals surface area contributed by atoms with Crippen LogP contribution < -0.4 is 5.32 Å². The third-order valence-electron chi connectivity index (χ3n) is 4.09. The molecule has 1 aliphatic rings. The van der Waals surface area contributed by atoms with Crippen molar-refractivity contribution in [2.75, 3.05) is 11.9 Å². The fourth-order valence-electron chi connectivity index (χ4n) is 2.61. The van der Waals surface area contributed by atoms with E-state index in [9.17, 15) is 29.6 Å². The number of rotatable bonds is 5. The number of carbonyl (C=O) groups is 3. The lowest BCUT2D eigenvalue weighted by molar-refractivity contribution is -0.385. The van der Waals surface area contributed by atoms with Crippen LogP contribution in [0.3, 0.4) is 0 Å². The molecule has 3 rings (SSSR count). The zero-order chi connectivity index (χ0) is 21.1. The summed E-state index contributed by atoms with van der Waals surface area (Å²) in [5, 5.41) is 22.5. The Bertz CT molecular complexity index is 1070. The van der Waals surface area contributed by atoms with Crippen molar-refractivity contribution in [2.24, 2.45) is 0 Å². The average molecular weight is 413 g/mol. The van der Waals surface area contributed by atoms with Gasteiger partial charge in [0.15, 0.2) is 5.75 Å². The van der Waals surface area contributed by atoms with Crippen molar-refractivity contribution in [1.82, 2.24) is 4.90 Å². The molecule has 1 aliphatic heterocycles. The maximum absolute atomic E-state index is 12.5. The fourth-order valence-corrected chi connectivity index (χ4v) is 3.45. The number of amides is 3. The zero-order valence-corrected chi connectivity index (χ0v) is 15.9. The van der Waals surface area contributed by atoms with Gasteiger partial charge in [-0.15, -0.1) is 0 Å². The topological polar surface area (TPSA) is 130 Å². The molecule has 1 fully saturated rings. The smallest absolute Gasteiger partial charge is 0.311 e. The number of aromatic hydroxyl groups is 1. The highest BCUT2D eigenvalue weighted by atomic mass is 32.2. The Labute approximate surface area is 169 Å². The van der Waals surface area contributed by atoms with E-state index >= 15 is 0 Å². The number of benzene rings is 2. The van der Waals surface area contributed by atoms with Crippen LogP contribution >= 0.6 is 11.8 Å². The Morgan fingerprint density at radius 2 is 2.00 bits per heavy atom. The number of thioether (sulfide) groups is 1. The van der Waals surface area contributed by atoms with E-state index in [0.29, 0.717) is 17.4 Å². The quantitative estimate of drug-likeness (QED) is 0.437. The minimum atomic E-state index is -0.756. The van der Waals surface area contributed by atoms with Crippen molar-refractivity contribution in [3.05, 3.63) is 68.6 Å². The first-order chi connectivity index (χ1) is 13.8. The lowest BCUT2D eigenvalue weighted by atomic mass is 10.1. The molecular weight excluding hydrogens is 398 g/mol. The van der Waals surface area contributed by atoms with Crippen molar-refractivity contribution in [3.63, 3.8) is 0 Å². The van der Waals surface area contributed by atoms with Crippen LogP contribution in [0.1, 0.15) is 11.1 Å². The molecule has 1 saturated heterocycles. The van der Waals surface area contributed by atoms with Gasteiger partial charge in [-0.05, 0) is 48.0 Å². The van der Waals surface area contributed by atoms with Gasteiger partial charge in [-0.3, -0.25) is 29.4 Å². The number of nitrogens with one attached hydrogen (secondary N) is 1. The van der Waals surface area contributed by atoms with Gasteiger partial charge in [-0.1, -0.05) is 24.3 Å². The normalized spacial score (nSPS) is 15.1. The third-order valence-corrected chi connectivity index (χ3v) is 5.00. The van der Waals surface area contributed by atoms with Gasteiger partial charge in [0, 0.05) is 11.8 Å². The predicted octanol–water partition coefficient (Wildman–Crippen LogP) is 3.28. The monoisotopic (exact) mass is 413 g/mol. The van der Waals surface area contributed by atoms with Crippen molar-refractivity contribution in [3.8, 4) is 5.75 Å². The highest BCUT2D eigenvalue weighted by Gasteiger charge is 2.36. The highest BCUT2D eigenvalue weighted by molar-refractivity contribution is 8.18. The second kappa shape index (κ2) is 8.15. The van der Waals surface area contributed by atoms with E-state index in [0.717, 1.165) is 22.6 Å². The van der Waals surface area contributed by atoms with Crippen molar-refractivity contribution in [2.45, 2.75) is 6.92 Å². The summed E-state index contributed by atoms with van der Waals surface area (Å²) < 4.78 is 0. The van der Waals surface area contributed by atoms with Crippen LogP contribution in [0.4, 0.5) is 16.2 Å². The number of imide groups is 1. The molecule has 0 atom stereocenters. The number of nitrogens with zero attached hydrogens (tertiary/aromatic N) is 2. The second-order valence-corrected chi connectivity index (χ2v) is 7.13. The Balaban J connectivity index is 1.75. The van der Waals surface area contributed by atoms with Crippen LogP contribution in [0, 0.1) is 17.0 Å². The summed E-state index contributed by atoms with van der Waals surface area (Å²) in [4.78, 5) is 47.9. The number of carbonyl (C=O) groups excluding carboxylic acids is 3. The van der Waals surface area contributed by atoms with Crippen LogP contribution in [0.2, 0.25) is 0 Å². The Kier molecular flexibility index (Phi) is 5.64. The molecule has 3 amide bonds. The number of nitro groups is 1. The molecule has 9 nitrogen and oxygen atoms in total. The SMILES string of the molecule is Cc1ccccc1NC(=O)CN1C(=O)S/C(=C\c2ccc(O)c([N+](=O)[O-])c2)C1=O. The van der Waals surface area contributed by atoms with E-state index < -0.39 is 40.0 Å².